The smallest absolute Gasteiger partial charge is 0.226 e. The Hall–Kier alpha value is -0.970. The Balaban J connectivity index is 2.42. The summed E-state index contributed by atoms with van der Waals surface area (Å²) in [5.74, 6) is 3.04. The SMILES string of the molecule is C#CCN(CC)C(=O)C1CCC1. The summed E-state index contributed by atoms with van der Waals surface area (Å²) in [7, 11) is 0. The predicted molar refractivity (Wildman–Crippen MR) is 48.4 cm³/mol. The molecule has 2 nitrogen and oxygen atoms in total. The second kappa shape index (κ2) is 4.15. The van der Waals surface area contributed by atoms with Crippen molar-refractivity contribution < 1.29 is 4.79 Å². The van der Waals surface area contributed by atoms with Crippen molar-refractivity contribution >= 4 is 5.91 Å². The molecule has 1 saturated carbocycles. The molecule has 1 aliphatic rings. The number of hydrogen-bond donors (Lipinski definition) is 0. The molecule has 1 aliphatic carbocycles. The summed E-state index contributed by atoms with van der Waals surface area (Å²) in [5, 5.41) is 0. The molecule has 0 aromatic heterocycles. The minimum absolute atomic E-state index is 0.252. The van der Waals surface area contributed by atoms with Gasteiger partial charge in [-0.1, -0.05) is 12.3 Å². The van der Waals surface area contributed by atoms with Gasteiger partial charge in [-0.05, 0) is 19.8 Å². The van der Waals surface area contributed by atoms with Gasteiger partial charge in [0, 0.05) is 12.5 Å². The van der Waals surface area contributed by atoms with Crippen LogP contribution in [0, 0.1) is 18.3 Å². The summed E-state index contributed by atoms with van der Waals surface area (Å²) in [6, 6.07) is 0. The first-order valence-corrected chi connectivity index (χ1v) is 4.51. The molecule has 0 bridgehead atoms. The molecule has 2 heteroatoms. The average Bonchev–Trinajstić information content (AvgIpc) is 1.96. The quantitative estimate of drug-likeness (QED) is 0.577. The van der Waals surface area contributed by atoms with Crippen LogP contribution in [0.2, 0.25) is 0 Å². The molecule has 0 atom stereocenters. The van der Waals surface area contributed by atoms with E-state index in [0.717, 1.165) is 19.4 Å². The Labute approximate surface area is 73.9 Å². The van der Waals surface area contributed by atoms with Crippen LogP contribution in [-0.2, 0) is 4.79 Å². The van der Waals surface area contributed by atoms with Crippen LogP contribution in [0.1, 0.15) is 26.2 Å². The molecule has 0 aromatic carbocycles. The van der Waals surface area contributed by atoms with Crippen LogP contribution in [-0.4, -0.2) is 23.9 Å². The van der Waals surface area contributed by atoms with Crippen molar-refractivity contribution in [1.29, 1.82) is 0 Å². The first-order chi connectivity index (χ1) is 5.79. The van der Waals surface area contributed by atoms with E-state index in [4.69, 9.17) is 6.42 Å². The van der Waals surface area contributed by atoms with E-state index in [1.807, 2.05) is 6.92 Å². The van der Waals surface area contributed by atoms with Crippen molar-refractivity contribution in [3.63, 3.8) is 0 Å². The third-order valence-corrected chi connectivity index (χ3v) is 2.43. The van der Waals surface area contributed by atoms with Crippen molar-refractivity contribution in [1.82, 2.24) is 4.90 Å². The molecular weight excluding hydrogens is 150 g/mol. The molecule has 66 valence electrons. The summed E-state index contributed by atoms with van der Waals surface area (Å²) in [6.45, 7) is 3.17. The Morgan fingerprint density at radius 3 is 2.67 bits per heavy atom. The topological polar surface area (TPSA) is 20.3 Å². The molecule has 0 unspecified atom stereocenters. The molecule has 0 saturated heterocycles. The number of nitrogens with zero attached hydrogens (tertiary/aromatic N) is 1. The van der Waals surface area contributed by atoms with Crippen LogP contribution in [0.25, 0.3) is 0 Å². The molecular formula is C10H15NO. The molecule has 0 aromatic rings. The fourth-order valence-corrected chi connectivity index (χ4v) is 1.37. The monoisotopic (exact) mass is 165 g/mol. The lowest BCUT2D eigenvalue weighted by Crippen LogP contribution is -2.38. The van der Waals surface area contributed by atoms with Gasteiger partial charge < -0.3 is 4.90 Å². The van der Waals surface area contributed by atoms with Gasteiger partial charge in [-0.15, -0.1) is 6.42 Å². The summed E-state index contributed by atoms with van der Waals surface area (Å²) in [6.07, 6.45) is 8.47. The largest absolute Gasteiger partial charge is 0.332 e. The molecule has 1 amide bonds. The van der Waals surface area contributed by atoms with Crippen LogP contribution < -0.4 is 0 Å². The van der Waals surface area contributed by atoms with E-state index in [2.05, 4.69) is 5.92 Å². The maximum Gasteiger partial charge on any atom is 0.226 e. The van der Waals surface area contributed by atoms with E-state index in [1.54, 1.807) is 4.90 Å². The highest BCUT2D eigenvalue weighted by molar-refractivity contribution is 5.79. The lowest BCUT2D eigenvalue weighted by molar-refractivity contribution is -0.137. The van der Waals surface area contributed by atoms with E-state index in [-0.39, 0.29) is 11.8 Å². The van der Waals surface area contributed by atoms with Crippen molar-refractivity contribution in [2.24, 2.45) is 5.92 Å². The molecule has 1 fully saturated rings. The molecule has 0 aliphatic heterocycles. The Bertz CT molecular complexity index is 200. The average molecular weight is 165 g/mol. The maximum absolute atomic E-state index is 11.6. The number of carbonyl (C=O) groups excluding carboxylic acids is 1. The lowest BCUT2D eigenvalue weighted by atomic mass is 9.84. The van der Waals surface area contributed by atoms with Gasteiger partial charge in [-0.2, -0.15) is 0 Å². The summed E-state index contributed by atoms with van der Waals surface area (Å²) >= 11 is 0. The van der Waals surface area contributed by atoms with Gasteiger partial charge in [0.15, 0.2) is 0 Å². The van der Waals surface area contributed by atoms with E-state index in [1.165, 1.54) is 6.42 Å². The zero-order valence-electron chi connectivity index (χ0n) is 7.55. The lowest BCUT2D eigenvalue weighted by Gasteiger charge is -2.29. The van der Waals surface area contributed by atoms with Gasteiger partial charge in [0.25, 0.3) is 0 Å². The Morgan fingerprint density at radius 1 is 1.67 bits per heavy atom. The van der Waals surface area contributed by atoms with Crippen LogP contribution >= 0.6 is 0 Å². The first kappa shape index (κ1) is 9.12. The highest BCUT2D eigenvalue weighted by atomic mass is 16.2. The van der Waals surface area contributed by atoms with Crippen LogP contribution in [0.15, 0.2) is 0 Å². The minimum Gasteiger partial charge on any atom is -0.332 e. The van der Waals surface area contributed by atoms with Gasteiger partial charge in [0.1, 0.15) is 0 Å². The molecule has 1 rings (SSSR count). The highest BCUT2D eigenvalue weighted by Crippen LogP contribution is 2.27. The van der Waals surface area contributed by atoms with Crippen LogP contribution in [0.5, 0.6) is 0 Å². The van der Waals surface area contributed by atoms with Gasteiger partial charge in [-0.25, -0.2) is 0 Å². The zero-order chi connectivity index (χ0) is 8.97. The van der Waals surface area contributed by atoms with Crippen LogP contribution in [0.4, 0.5) is 0 Å². The fraction of sp³-hybridized carbons (Fsp3) is 0.700. The maximum atomic E-state index is 11.6. The van der Waals surface area contributed by atoms with Crippen molar-refractivity contribution in [2.75, 3.05) is 13.1 Å². The fourth-order valence-electron chi connectivity index (χ4n) is 1.37. The normalized spacial score (nSPS) is 16.3. The standard InChI is InChI=1S/C10H15NO/c1-3-8-11(4-2)10(12)9-6-5-7-9/h1,9H,4-8H2,2H3. The molecule has 0 heterocycles. The van der Waals surface area contributed by atoms with Crippen LogP contribution in [0.3, 0.4) is 0 Å². The molecule has 0 spiro atoms. The van der Waals surface area contributed by atoms with E-state index >= 15 is 0 Å². The number of amides is 1. The zero-order valence-corrected chi connectivity index (χ0v) is 7.55. The van der Waals surface area contributed by atoms with E-state index < -0.39 is 0 Å². The third-order valence-electron chi connectivity index (χ3n) is 2.43. The van der Waals surface area contributed by atoms with Crippen molar-refractivity contribution in [2.45, 2.75) is 26.2 Å². The van der Waals surface area contributed by atoms with E-state index in [9.17, 15) is 4.79 Å². The third kappa shape index (κ3) is 1.79. The minimum atomic E-state index is 0.252. The number of carbonyl (C=O) groups is 1. The number of hydrogen-bond acceptors (Lipinski definition) is 1. The summed E-state index contributed by atoms with van der Waals surface area (Å²) in [4.78, 5) is 13.3. The Morgan fingerprint density at radius 2 is 2.33 bits per heavy atom. The van der Waals surface area contributed by atoms with Crippen molar-refractivity contribution in [3.05, 3.63) is 0 Å². The molecule has 0 radical (unpaired) electrons. The van der Waals surface area contributed by atoms with Crippen molar-refractivity contribution in [3.8, 4) is 12.3 Å². The number of terminal acetylenes is 1. The van der Waals surface area contributed by atoms with Gasteiger partial charge in [0.2, 0.25) is 5.91 Å². The van der Waals surface area contributed by atoms with Gasteiger partial charge in [0.05, 0.1) is 6.54 Å². The van der Waals surface area contributed by atoms with E-state index in [0.29, 0.717) is 6.54 Å². The predicted octanol–water partition coefficient (Wildman–Crippen LogP) is 1.27. The molecule has 0 N–H and O–H groups in total. The Kier molecular flexibility index (Phi) is 3.16. The highest BCUT2D eigenvalue weighted by Gasteiger charge is 2.28. The second-order valence-corrected chi connectivity index (χ2v) is 3.18. The van der Waals surface area contributed by atoms with Gasteiger partial charge >= 0.3 is 0 Å². The summed E-state index contributed by atoms with van der Waals surface area (Å²) < 4.78 is 0. The molecule has 12 heavy (non-hydrogen) atoms. The number of rotatable bonds is 3. The van der Waals surface area contributed by atoms with Gasteiger partial charge in [-0.3, -0.25) is 4.79 Å². The second-order valence-electron chi connectivity index (χ2n) is 3.18. The summed E-state index contributed by atoms with van der Waals surface area (Å²) in [5.41, 5.74) is 0. The first-order valence-electron chi connectivity index (χ1n) is 4.51.